The van der Waals surface area contributed by atoms with E-state index in [0.29, 0.717) is 18.3 Å². The van der Waals surface area contributed by atoms with E-state index in [9.17, 15) is 4.79 Å². The number of hydrogen-bond acceptors (Lipinski definition) is 5. The zero-order chi connectivity index (χ0) is 19.4. The van der Waals surface area contributed by atoms with E-state index in [4.69, 9.17) is 21.1 Å². The molecule has 0 atom stereocenters. The van der Waals surface area contributed by atoms with Gasteiger partial charge in [0, 0.05) is 12.3 Å². The highest BCUT2D eigenvalue weighted by Crippen LogP contribution is 2.27. The van der Waals surface area contributed by atoms with Crippen molar-refractivity contribution in [2.24, 2.45) is 5.92 Å². The summed E-state index contributed by atoms with van der Waals surface area (Å²) < 4.78 is 12.7. The second-order valence-corrected chi connectivity index (χ2v) is 8.25. The molecule has 0 bridgehead atoms. The summed E-state index contributed by atoms with van der Waals surface area (Å²) in [5.74, 6) is 1.36. The Kier molecular flexibility index (Phi) is 6.05. The summed E-state index contributed by atoms with van der Waals surface area (Å²) in [6.45, 7) is 6.09. The fourth-order valence-electron chi connectivity index (χ4n) is 3.18. The van der Waals surface area contributed by atoms with Gasteiger partial charge in [-0.2, -0.15) is 0 Å². The molecule has 2 heterocycles. The molecule has 2 aromatic heterocycles. The topological polar surface area (TPSA) is 66.2 Å². The van der Waals surface area contributed by atoms with Crippen LogP contribution in [-0.2, 0) is 4.74 Å². The van der Waals surface area contributed by atoms with Gasteiger partial charge < -0.3 is 9.47 Å². The number of ether oxygens (including phenoxy) is 2. The Balaban J connectivity index is 1.62. The monoisotopic (exact) mass is 391 g/mol. The SMILES string of the molecule is CC(C)(C)OC(=O)c1ccc(-n2ccc(OCCC3CCCC3)n2)nc1Cl. The first-order chi connectivity index (χ1) is 12.8. The molecule has 0 saturated heterocycles. The second-order valence-electron chi connectivity index (χ2n) is 7.90. The van der Waals surface area contributed by atoms with E-state index >= 15 is 0 Å². The maximum atomic E-state index is 12.2. The molecule has 27 heavy (non-hydrogen) atoms. The van der Waals surface area contributed by atoms with Gasteiger partial charge in [0.05, 0.1) is 12.2 Å². The number of nitrogens with zero attached hydrogens (tertiary/aromatic N) is 3. The number of pyridine rings is 1. The lowest BCUT2D eigenvalue weighted by molar-refractivity contribution is 0.00693. The van der Waals surface area contributed by atoms with Crippen molar-refractivity contribution in [1.82, 2.24) is 14.8 Å². The quantitative estimate of drug-likeness (QED) is 0.521. The summed E-state index contributed by atoms with van der Waals surface area (Å²) in [6, 6.07) is 5.08. The third kappa shape index (κ3) is 5.45. The van der Waals surface area contributed by atoms with E-state index < -0.39 is 11.6 Å². The Hall–Kier alpha value is -2.08. The highest BCUT2D eigenvalue weighted by molar-refractivity contribution is 6.32. The van der Waals surface area contributed by atoms with Crippen molar-refractivity contribution >= 4 is 17.6 Å². The van der Waals surface area contributed by atoms with E-state index in [2.05, 4.69) is 10.1 Å². The highest BCUT2D eigenvalue weighted by atomic mass is 35.5. The normalized spacial score (nSPS) is 15.1. The Morgan fingerprint density at radius 1 is 1.26 bits per heavy atom. The third-order valence-corrected chi connectivity index (χ3v) is 4.79. The van der Waals surface area contributed by atoms with E-state index in [1.165, 1.54) is 25.7 Å². The predicted octanol–water partition coefficient (Wildman–Crippen LogP) is 4.84. The summed E-state index contributed by atoms with van der Waals surface area (Å²) in [4.78, 5) is 16.4. The molecule has 0 amide bonds. The second kappa shape index (κ2) is 8.30. The maximum absolute atomic E-state index is 12.2. The van der Waals surface area contributed by atoms with Gasteiger partial charge in [0.2, 0.25) is 5.88 Å². The molecule has 0 aliphatic heterocycles. The van der Waals surface area contributed by atoms with Crippen molar-refractivity contribution in [2.45, 2.75) is 58.5 Å². The molecule has 7 heteroatoms. The highest BCUT2D eigenvalue weighted by Gasteiger charge is 2.21. The summed E-state index contributed by atoms with van der Waals surface area (Å²) >= 11 is 6.18. The fourth-order valence-corrected chi connectivity index (χ4v) is 3.41. The molecule has 1 aliphatic rings. The van der Waals surface area contributed by atoms with Crippen LogP contribution in [0.1, 0.15) is 63.2 Å². The third-order valence-electron chi connectivity index (χ3n) is 4.50. The smallest absolute Gasteiger partial charge is 0.341 e. The average molecular weight is 392 g/mol. The largest absolute Gasteiger partial charge is 0.477 e. The van der Waals surface area contributed by atoms with Crippen LogP contribution in [0.2, 0.25) is 5.15 Å². The van der Waals surface area contributed by atoms with Gasteiger partial charge in [0.25, 0.3) is 0 Å². The Bertz CT molecular complexity index is 792. The van der Waals surface area contributed by atoms with Crippen LogP contribution in [-0.4, -0.2) is 32.9 Å². The summed E-state index contributed by atoms with van der Waals surface area (Å²) in [6.07, 6.45) is 8.13. The lowest BCUT2D eigenvalue weighted by Gasteiger charge is -2.19. The zero-order valence-corrected chi connectivity index (χ0v) is 16.8. The van der Waals surface area contributed by atoms with Crippen molar-refractivity contribution < 1.29 is 14.3 Å². The number of carbonyl (C=O) groups is 1. The van der Waals surface area contributed by atoms with Gasteiger partial charge in [0.1, 0.15) is 10.8 Å². The first kappa shape index (κ1) is 19.7. The number of rotatable bonds is 6. The molecular formula is C20H26ClN3O3. The van der Waals surface area contributed by atoms with E-state index in [1.807, 2.05) is 0 Å². The molecule has 1 fully saturated rings. The molecule has 2 aromatic rings. The molecular weight excluding hydrogens is 366 g/mol. The molecule has 6 nitrogen and oxygen atoms in total. The van der Waals surface area contributed by atoms with Gasteiger partial charge in [-0.05, 0) is 45.2 Å². The van der Waals surface area contributed by atoms with Gasteiger partial charge in [-0.3, -0.25) is 0 Å². The van der Waals surface area contributed by atoms with Gasteiger partial charge >= 0.3 is 5.97 Å². The Morgan fingerprint density at radius 2 is 2.00 bits per heavy atom. The molecule has 146 valence electrons. The summed E-state index contributed by atoms with van der Waals surface area (Å²) in [7, 11) is 0. The van der Waals surface area contributed by atoms with Gasteiger partial charge in [-0.15, -0.1) is 5.10 Å². The molecule has 0 aromatic carbocycles. The lowest BCUT2D eigenvalue weighted by Crippen LogP contribution is -2.24. The minimum Gasteiger partial charge on any atom is -0.477 e. The first-order valence-electron chi connectivity index (χ1n) is 9.40. The van der Waals surface area contributed by atoms with Crippen LogP contribution in [0.15, 0.2) is 24.4 Å². The number of carbonyl (C=O) groups excluding carboxylic acids is 1. The van der Waals surface area contributed by atoms with Crippen LogP contribution in [0.25, 0.3) is 5.82 Å². The minimum atomic E-state index is -0.591. The molecule has 0 N–H and O–H groups in total. The van der Waals surface area contributed by atoms with Crippen molar-refractivity contribution in [3.63, 3.8) is 0 Å². The van der Waals surface area contributed by atoms with Gasteiger partial charge in [0.15, 0.2) is 5.82 Å². The van der Waals surface area contributed by atoms with Gasteiger partial charge in [-0.25, -0.2) is 14.5 Å². The fraction of sp³-hybridized carbons (Fsp3) is 0.550. The lowest BCUT2D eigenvalue weighted by atomic mass is 10.1. The van der Waals surface area contributed by atoms with Crippen LogP contribution < -0.4 is 4.74 Å². The van der Waals surface area contributed by atoms with Crippen molar-refractivity contribution in [3.05, 3.63) is 35.1 Å². The number of hydrogen-bond donors (Lipinski definition) is 0. The van der Waals surface area contributed by atoms with Crippen molar-refractivity contribution in [3.8, 4) is 11.7 Å². The van der Waals surface area contributed by atoms with Crippen LogP contribution in [0.4, 0.5) is 0 Å². The first-order valence-corrected chi connectivity index (χ1v) is 9.78. The Labute approximate surface area is 164 Å². The predicted molar refractivity (Wildman–Crippen MR) is 104 cm³/mol. The standard InChI is InChI=1S/C20H26ClN3O3/c1-20(2,3)27-19(25)15-8-9-16(22-18(15)21)24-12-10-17(23-24)26-13-11-14-6-4-5-7-14/h8-10,12,14H,4-7,11,13H2,1-3H3. The molecule has 0 spiro atoms. The van der Waals surface area contributed by atoms with Crippen LogP contribution in [0.5, 0.6) is 5.88 Å². The number of aromatic nitrogens is 3. The van der Waals surface area contributed by atoms with Crippen molar-refractivity contribution in [1.29, 1.82) is 0 Å². The molecule has 1 saturated carbocycles. The molecule has 3 rings (SSSR count). The number of esters is 1. The minimum absolute atomic E-state index is 0.0842. The average Bonchev–Trinajstić information content (AvgIpc) is 3.25. The van der Waals surface area contributed by atoms with Gasteiger partial charge in [-0.1, -0.05) is 37.3 Å². The number of halogens is 1. The Morgan fingerprint density at radius 3 is 2.67 bits per heavy atom. The van der Waals surface area contributed by atoms with Crippen LogP contribution in [0.3, 0.4) is 0 Å². The summed E-state index contributed by atoms with van der Waals surface area (Å²) in [5.41, 5.74) is -0.359. The maximum Gasteiger partial charge on any atom is 0.341 e. The van der Waals surface area contributed by atoms with E-state index in [1.54, 1.807) is 49.8 Å². The van der Waals surface area contributed by atoms with Crippen LogP contribution >= 0.6 is 11.6 Å². The molecule has 1 aliphatic carbocycles. The van der Waals surface area contributed by atoms with E-state index in [-0.39, 0.29) is 10.7 Å². The molecule has 0 unspecified atom stereocenters. The summed E-state index contributed by atoms with van der Waals surface area (Å²) in [5, 5.41) is 4.46. The molecule has 0 radical (unpaired) electrons. The van der Waals surface area contributed by atoms with Crippen LogP contribution in [0, 0.1) is 5.92 Å². The van der Waals surface area contributed by atoms with Crippen molar-refractivity contribution in [2.75, 3.05) is 6.61 Å². The zero-order valence-electron chi connectivity index (χ0n) is 16.1. The van der Waals surface area contributed by atoms with E-state index in [0.717, 1.165) is 12.3 Å².